The van der Waals surface area contributed by atoms with Crippen molar-refractivity contribution in [3.8, 4) is 0 Å². The minimum Gasteiger partial charge on any atom is -0.462 e. The summed E-state index contributed by atoms with van der Waals surface area (Å²) < 4.78 is 5.57. The van der Waals surface area contributed by atoms with Gasteiger partial charge in [0.05, 0.1) is 6.61 Å². The van der Waals surface area contributed by atoms with Crippen LogP contribution in [0.5, 0.6) is 0 Å². The standard InChI is InChI=1S/C38H74O2/c1-7-9-21-27-35(5)29-23-17-13-11-12-14-19-25-31-37(33-40-38(39)34(3)4)32-26-20-16-15-18-24-30-36(6)28-22-10-8-2/h35-37H,3,7-33H2,1-2,4-6H3. The summed E-state index contributed by atoms with van der Waals surface area (Å²) in [7, 11) is 0. The Morgan fingerprint density at radius 3 is 1.15 bits per heavy atom. The van der Waals surface area contributed by atoms with Crippen LogP contribution in [0.2, 0.25) is 0 Å². The van der Waals surface area contributed by atoms with Crippen LogP contribution in [-0.2, 0) is 9.53 Å². The second-order valence-electron chi connectivity index (χ2n) is 13.6. The number of unbranched alkanes of at least 4 members (excludes halogenated alkanes) is 16. The molecule has 0 saturated heterocycles. The Morgan fingerprint density at radius 1 is 0.525 bits per heavy atom. The normalized spacial score (nSPS) is 13.7. The van der Waals surface area contributed by atoms with Gasteiger partial charge in [-0.15, -0.1) is 0 Å². The molecule has 0 aliphatic rings. The lowest BCUT2D eigenvalue weighted by molar-refractivity contribution is -0.140. The van der Waals surface area contributed by atoms with Crippen LogP contribution in [0.4, 0.5) is 0 Å². The first kappa shape index (κ1) is 39.2. The van der Waals surface area contributed by atoms with Gasteiger partial charge in [-0.3, -0.25) is 0 Å². The first-order chi connectivity index (χ1) is 19.4. The molecule has 0 bridgehead atoms. The molecule has 2 nitrogen and oxygen atoms in total. The maximum absolute atomic E-state index is 11.9. The summed E-state index contributed by atoms with van der Waals surface area (Å²) >= 11 is 0. The van der Waals surface area contributed by atoms with Crippen molar-refractivity contribution in [2.75, 3.05) is 6.61 Å². The maximum Gasteiger partial charge on any atom is 0.333 e. The fourth-order valence-corrected chi connectivity index (χ4v) is 6.02. The van der Waals surface area contributed by atoms with Gasteiger partial charge in [0, 0.05) is 5.57 Å². The average molecular weight is 563 g/mol. The van der Waals surface area contributed by atoms with E-state index in [1.165, 1.54) is 167 Å². The van der Waals surface area contributed by atoms with Crippen LogP contribution in [0.25, 0.3) is 0 Å². The number of ether oxygens (including phenoxy) is 1. The summed E-state index contributed by atoms with van der Waals surface area (Å²) in [6.07, 6.45) is 35.6. The summed E-state index contributed by atoms with van der Waals surface area (Å²) in [6, 6.07) is 0. The van der Waals surface area contributed by atoms with Gasteiger partial charge in [0.25, 0.3) is 0 Å². The lowest BCUT2D eigenvalue weighted by Crippen LogP contribution is -2.15. The molecule has 0 aromatic heterocycles. The number of carbonyl (C=O) groups is 1. The number of hydrogen-bond donors (Lipinski definition) is 0. The van der Waals surface area contributed by atoms with Crippen molar-refractivity contribution in [3.63, 3.8) is 0 Å². The zero-order chi connectivity index (χ0) is 29.7. The van der Waals surface area contributed by atoms with Crippen molar-refractivity contribution < 1.29 is 9.53 Å². The third-order valence-electron chi connectivity index (χ3n) is 9.02. The molecule has 238 valence electrons. The van der Waals surface area contributed by atoms with E-state index in [0.717, 1.165) is 11.8 Å². The molecule has 0 aromatic rings. The summed E-state index contributed by atoms with van der Waals surface area (Å²) in [5.74, 6) is 2.14. The largest absolute Gasteiger partial charge is 0.462 e. The average Bonchev–Trinajstić information content (AvgIpc) is 2.93. The van der Waals surface area contributed by atoms with Crippen LogP contribution < -0.4 is 0 Å². The van der Waals surface area contributed by atoms with E-state index in [2.05, 4.69) is 34.3 Å². The Labute approximate surface area is 253 Å². The molecule has 0 aliphatic heterocycles. The fourth-order valence-electron chi connectivity index (χ4n) is 6.02. The van der Waals surface area contributed by atoms with Crippen LogP contribution in [0.15, 0.2) is 12.2 Å². The predicted molar refractivity (Wildman–Crippen MR) is 179 cm³/mol. The summed E-state index contributed by atoms with van der Waals surface area (Å²) in [6.45, 7) is 15.5. The molecule has 0 heterocycles. The monoisotopic (exact) mass is 563 g/mol. The predicted octanol–water partition coefficient (Wildman–Crippen LogP) is 13.2. The molecule has 0 spiro atoms. The third kappa shape index (κ3) is 27.4. The van der Waals surface area contributed by atoms with E-state index in [-0.39, 0.29) is 5.97 Å². The van der Waals surface area contributed by atoms with E-state index in [0.29, 0.717) is 18.1 Å². The molecule has 3 atom stereocenters. The zero-order valence-electron chi connectivity index (χ0n) is 28.3. The number of hydrogen-bond acceptors (Lipinski definition) is 2. The molecular formula is C38H74O2. The molecule has 0 saturated carbocycles. The Balaban J connectivity index is 3.90. The Morgan fingerprint density at radius 2 is 0.825 bits per heavy atom. The maximum atomic E-state index is 11.9. The van der Waals surface area contributed by atoms with E-state index in [1.807, 2.05) is 0 Å². The second-order valence-corrected chi connectivity index (χ2v) is 13.6. The molecule has 0 amide bonds. The van der Waals surface area contributed by atoms with Crippen molar-refractivity contribution in [2.45, 2.75) is 202 Å². The highest BCUT2D eigenvalue weighted by Crippen LogP contribution is 2.22. The lowest BCUT2D eigenvalue weighted by atomic mass is 9.94. The van der Waals surface area contributed by atoms with E-state index in [9.17, 15) is 4.79 Å². The van der Waals surface area contributed by atoms with E-state index >= 15 is 0 Å². The van der Waals surface area contributed by atoms with Crippen molar-refractivity contribution in [1.29, 1.82) is 0 Å². The zero-order valence-corrected chi connectivity index (χ0v) is 28.3. The summed E-state index contributed by atoms with van der Waals surface area (Å²) in [5, 5.41) is 0. The second kappa shape index (κ2) is 29.7. The van der Waals surface area contributed by atoms with Gasteiger partial charge in [-0.05, 0) is 37.5 Å². The quantitative estimate of drug-likeness (QED) is 0.0477. The van der Waals surface area contributed by atoms with E-state index < -0.39 is 0 Å². The Bertz CT molecular complexity index is 554. The van der Waals surface area contributed by atoms with E-state index in [4.69, 9.17) is 4.74 Å². The van der Waals surface area contributed by atoms with Gasteiger partial charge < -0.3 is 4.74 Å². The van der Waals surface area contributed by atoms with Gasteiger partial charge in [0.2, 0.25) is 0 Å². The highest BCUT2D eigenvalue weighted by Gasteiger charge is 2.13. The van der Waals surface area contributed by atoms with Crippen molar-refractivity contribution >= 4 is 5.97 Å². The van der Waals surface area contributed by atoms with Gasteiger partial charge in [-0.2, -0.15) is 0 Å². The van der Waals surface area contributed by atoms with Crippen LogP contribution in [0.1, 0.15) is 202 Å². The summed E-state index contributed by atoms with van der Waals surface area (Å²) in [4.78, 5) is 11.9. The van der Waals surface area contributed by atoms with Gasteiger partial charge in [-0.1, -0.05) is 188 Å². The molecule has 0 aromatic carbocycles. The minimum absolute atomic E-state index is 0.218. The third-order valence-corrected chi connectivity index (χ3v) is 9.02. The molecule has 0 fully saturated rings. The number of esters is 1. The van der Waals surface area contributed by atoms with Gasteiger partial charge in [-0.25, -0.2) is 4.79 Å². The Kier molecular flexibility index (Phi) is 29.1. The highest BCUT2D eigenvalue weighted by atomic mass is 16.5. The molecule has 0 rings (SSSR count). The topological polar surface area (TPSA) is 26.3 Å². The fraction of sp³-hybridized carbons (Fsp3) is 0.921. The van der Waals surface area contributed by atoms with Crippen LogP contribution in [-0.4, -0.2) is 12.6 Å². The van der Waals surface area contributed by atoms with E-state index in [1.54, 1.807) is 6.92 Å². The van der Waals surface area contributed by atoms with Gasteiger partial charge in [0.1, 0.15) is 0 Å². The Hall–Kier alpha value is -0.790. The van der Waals surface area contributed by atoms with Crippen LogP contribution in [0, 0.1) is 17.8 Å². The first-order valence-electron chi connectivity index (χ1n) is 18.2. The van der Waals surface area contributed by atoms with Crippen molar-refractivity contribution in [1.82, 2.24) is 0 Å². The number of carbonyl (C=O) groups excluding carboxylic acids is 1. The molecule has 3 unspecified atom stereocenters. The van der Waals surface area contributed by atoms with Gasteiger partial charge >= 0.3 is 5.97 Å². The lowest BCUT2D eigenvalue weighted by Gasteiger charge is -2.17. The molecule has 0 N–H and O–H groups in total. The molecule has 0 radical (unpaired) electrons. The molecule has 0 aliphatic carbocycles. The van der Waals surface area contributed by atoms with Crippen molar-refractivity contribution in [2.24, 2.45) is 17.8 Å². The van der Waals surface area contributed by atoms with Crippen molar-refractivity contribution in [3.05, 3.63) is 12.2 Å². The first-order valence-corrected chi connectivity index (χ1v) is 18.2. The van der Waals surface area contributed by atoms with Gasteiger partial charge in [0.15, 0.2) is 0 Å². The van der Waals surface area contributed by atoms with Crippen LogP contribution >= 0.6 is 0 Å². The SMILES string of the molecule is C=C(C)C(=O)OCC(CCCCCCCCCCC(C)CCCCC)CCCCCCCCC(C)CCCCC. The molecular weight excluding hydrogens is 488 g/mol. The smallest absolute Gasteiger partial charge is 0.333 e. The molecule has 40 heavy (non-hydrogen) atoms. The minimum atomic E-state index is -0.218. The highest BCUT2D eigenvalue weighted by molar-refractivity contribution is 5.86. The molecule has 2 heteroatoms. The number of rotatable bonds is 31. The van der Waals surface area contributed by atoms with Crippen LogP contribution in [0.3, 0.4) is 0 Å². The summed E-state index contributed by atoms with van der Waals surface area (Å²) in [5.41, 5.74) is 0.518.